The fraction of sp³-hybridized carbons (Fsp3) is 0.368. The Labute approximate surface area is 144 Å². The average Bonchev–Trinajstić information content (AvgIpc) is 2.61. The van der Waals surface area contributed by atoms with Crippen molar-refractivity contribution in [2.24, 2.45) is 5.73 Å². The fourth-order valence-electron chi connectivity index (χ4n) is 2.48. The van der Waals surface area contributed by atoms with Crippen LogP contribution < -0.4 is 10.5 Å². The van der Waals surface area contributed by atoms with E-state index < -0.39 is 15.1 Å². The number of hydrogen-bond donors (Lipinski definition) is 1. The lowest BCUT2D eigenvalue weighted by atomic mass is 10.1. The van der Waals surface area contributed by atoms with Crippen molar-refractivity contribution in [1.82, 2.24) is 0 Å². The van der Waals surface area contributed by atoms with E-state index in [0.717, 1.165) is 24.2 Å². The lowest BCUT2D eigenvalue weighted by molar-refractivity contribution is 0.309. The van der Waals surface area contributed by atoms with E-state index in [2.05, 4.69) is 6.92 Å². The van der Waals surface area contributed by atoms with Gasteiger partial charge < -0.3 is 10.5 Å². The van der Waals surface area contributed by atoms with Gasteiger partial charge in [0.15, 0.2) is 9.84 Å². The van der Waals surface area contributed by atoms with Crippen molar-refractivity contribution >= 4 is 9.84 Å². The second-order valence-corrected chi connectivity index (χ2v) is 8.00. The molecular weight excluding hydrogens is 322 g/mol. The summed E-state index contributed by atoms with van der Waals surface area (Å²) in [5, 5.41) is -0.647. The van der Waals surface area contributed by atoms with Crippen LogP contribution in [0, 0.1) is 0 Å². The van der Waals surface area contributed by atoms with Gasteiger partial charge in [-0.1, -0.05) is 43.7 Å². The van der Waals surface area contributed by atoms with Crippen LogP contribution in [0.4, 0.5) is 0 Å². The highest BCUT2D eigenvalue weighted by Gasteiger charge is 2.26. The maximum absolute atomic E-state index is 12.8. The maximum atomic E-state index is 12.8. The van der Waals surface area contributed by atoms with Gasteiger partial charge >= 0.3 is 0 Å². The van der Waals surface area contributed by atoms with Crippen LogP contribution in [0.1, 0.15) is 25.3 Å². The minimum absolute atomic E-state index is 0.0815. The second-order valence-electron chi connectivity index (χ2n) is 5.77. The third-order valence-electron chi connectivity index (χ3n) is 3.90. The molecule has 0 radical (unpaired) electrons. The van der Waals surface area contributed by atoms with Crippen molar-refractivity contribution in [2.45, 2.75) is 36.3 Å². The molecule has 130 valence electrons. The van der Waals surface area contributed by atoms with Gasteiger partial charge in [0.05, 0.1) is 16.8 Å². The summed E-state index contributed by atoms with van der Waals surface area (Å²) >= 11 is 0. The molecule has 0 aliphatic rings. The minimum atomic E-state index is -3.45. The average molecular weight is 347 g/mol. The largest absolute Gasteiger partial charge is 0.494 e. The molecule has 0 fully saturated rings. The Kier molecular flexibility index (Phi) is 6.82. The zero-order chi connectivity index (χ0) is 17.4. The molecule has 0 heterocycles. The smallest absolute Gasteiger partial charge is 0.182 e. The summed E-state index contributed by atoms with van der Waals surface area (Å²) in [5.41, 5.74) is 6.69. The highest BCUT2D eigenvalue weighted by atomic mass is 32.2. The number of nitrogens with two attached hydrogens (primary N) is 1. The van der Waals surface area contributed by atoms with E-state index in [1.807, 2.05) is 24.3 Å². The van der Waals surface area contributed by atoms with Crippen molar-refractivity contribution in [3.8, 4) is 5.75 Å². The summed E-state index contributed by atoms with van der Waals surface area (Å²) in [6.07, 6.45) is 2.45. The van der Waals surface area contributed by atoms with Gasteiger partial charge in [-0.3, -0.25) is 0 Å². The predicted molar refractivity (Wildman–Crippen MR) is 97.0 cm³/mol. The van der Waals surface area contributed by atoms with Crippen LogP contribution in [0.5, 0.6) is 5.75 Å². The van der Waals surface area contributed by atoms with Crippen molar-refractivity contribution in [3.63, 3.8) is 0 Å². The topological polar surface area (TPSA) is 69.4 Å². The lowest BCUT2D eigenvalue weighted by Crippen LogP contribution is -2.32. The van der Waals surface area contributed by atoms with E-state index in [4.69, 9.17) is 10.5 Å². The minimum Gasteiger partial charge on any atom is -0.494 e. The lowest BCUT2D eigenvalue weighted by Gasteiger charge is -2.16. The molecule has 1 atom stereocenters. The normalized spacial score (nSPS) is 12.8. The van der Waals surface area contributed by atoms with Gasteiger partial charge in [0.25, 0.3) is 0 Å². The first-order chi connectivity index (χ1) is 11.6. The molecule has 0 aromatic heterocycles. The predicted octanol–water partition coefficient (Wildman–Crippen LogP) is 3.21. The Morgan fingerprint density at radius 3 is 2.50 bits per heavy atom. The third-order valence-corrected chi connectivity index (χ3v) is 6.07. The molecule has 2 rings (SSSR count). The molecule has 0 saturated heterocycles. The number of hydrogen-bond acceptors (Lipinski definition) is 4. The number of benzene rings is 2. The van der Waals surface area contributed by atoms with Gasteiger partial charge in [0.1, 0.15) is 5.75 Å². The van der Waals surface area contributed by atoms with Crippen LogP contribution in [-0.2, 0) is 16.3 Å². The molecule has 0 aliphatic heterocycles. The Hall–Kier alpha value is -1.85. The summed E-state index contributed by atoms with van der Waals surface area (Å²) in [4.78, 5) is 0.316. The zero-order valence-electron chi connectivity index (χ0n) is 14.0. The van der Waals surface area contributed by atoms with Gasteiger partial charge in [0, 0.05) is 6.54 Å². The monoisotopic (exact) mass is 347 g/mol. The molecule has 0 bridgehead atoms. The highest BCUT2D eigenvalue weighted by molar-refractivity contribution is 7.92. The van der Waals surface area contributed by atoms with E-state index in [0.29, 0.717) is 17.9 Å². The van der Waals surface area contributed by atoms with Crippen LogP contribution >= 0.6 is 0 Å². The van der Waals surface area contributed by atoms with Gasteiger partial charge in [0.2, 0.25) is 0 Å². The Bertz CT molecular complexity index is 729. The van der Waals surface area contributed by atoms with Crippen LogP contribution in [0.25, 0.3) is 0 Å². The Morgan fingerprint density at radius 1 is 1.08 bits per heavy atom. The first-order valence-corrected chi connectivity index (χ1v) is 9.83. The van der Waals surface area contributed by atoms with Gasteiger partial charge in [-0.2, -0.15) is 0 Å². The summed E-state index contributed by atoms with van der Waals surface area (Å²) in [7, 11) is -3.45. The standard InChI is InChI=1S/C19H25NO3S/c1-2-3-12-23-17-9-7-8-16(13-17)14-19(15-20)24(21,22)18-10-5-4-6-11-18/h4-11,13,19H,2-3,12,14-15,20H2,1H3. The molecule has 0 aliphatic carbocycles. The Morgan fingerprint density at radius 2 is 1.83 bits per heavy atom. The van der Waals surface area contributed by atoms with Gasteiger partial charge in [-0.05, 0) is 42.7 Å². The summed E-state index contributed by atoms with van der Waals surface area (Å²) in [6, 6.07) is 16.1. The van der Waals surface area contributed by atoms with Crippen molar-refractivity contribution in [2.75, 3.05) is 13.2 Å². The molecular formula is C19H25NO3S. The van der Waals surface area contributed by atoms with Crippen LogP contribution in [-0.4, -0.2) is 26.8 Å². The van der Waals surface area contributed by atoms with Gasteiger partial charge in [-0.15, -0.1) is 0 Å². The van der Waals surface area contributed by atoms with Crippen LogP contribution in [0.2, 0.25) is 0 Å². The molecule has 24 heavy (non-hydrogen) atoms. The molecule has 0 spiro atoms. The van der Waals surface area contributed by atoms with Crippen LogP contribution in [0.3, 0.4) is 0 Å². The molecule has 0 saturated carbocycles. The van der Waals surface area contributed by atoms with E-state index in [1.165, 1.54) is 0 Å². The molecule has 1 unspecified atom stereocenters. The first kappa shape index (κ1) is 18.5. The maximum Gasteiger partial charge on any atom is 0.182 e. The number of unbranched alkanes of at least 4 members (excludes halogenated alkanes) is 1. The van der Waals surface area contributed by atoms with Crippen molar-refractivity contribution < 1.29 is 13.2 Å². The van der Waals surface area contributed by atoms with Crippen molar-refractivity contribution in [1.29, 1.82) is 0 Å². The van der Waals surface area contributed by atoms with Crippen LogP contribution in [0.15, 0.2) is 59.5 Å². The summed E-state index contributed by atoms with van der Waals surface area (Å²) < 4.78 is 31.2. The number of sulfone groups is 1. The first-order valence-electron chi connectivity index (χ1n) is 8.28. The molecule has 2 aromatic carbocycles. The zero-order valence-corrected chi connectivity index (χ0v) is 14.8. The fourth-order valence-corrected chi connectivity index (χ4v) is 4.07. The second kappa shape index (κ2) is 8.85. The summed E-state index contributed by atoms with van der Waals surface area (Å²) in [6.45, 7) is 2.86. The molecule has 2 N–H and O–H groups in total. The molecule has 5 heteroatoms. The van der Waals surface area contributed by atoms with Gasteiger partial charge in [-0.25, -0.2) is 8.42 Å². The third kappa shape index (κ3) is 4.82. The highest BCUT2D eigenvalue weighted by Crippen LogP contribution is 2.21. The van der Waals surface area contributed by atoms with Crippen molar-refractivity contribution in [3.05, 3.63) is 60.2 Å². The Balaban J connectivity index is 2.14. The quantitative estimate of drug-likeness (QED) is 0.707. The number of ether oxygens (including phenoxy) is 1. The van der Waals surface area contributed by atoms with E-state index in [-0.39, 0.29) is 6.54 Å². The van der Waals surface area contributed by atoms with E-state index >= 15 is 0 Å². The van der Waals surface area contributed by atoms with E-state index in [9.17, 15) is 8.42 Å². The molecule has 2 aromatic rings. The molecule has 4 nitrogen and oxygen atoms in total. The number of rotatable bonds is 9. The summed E-state index contributed by atoms with van der Waals surface area (Å²) in [5.74, 6) is 0.772. The SMILES string of the molecule is CCCCOc1cccc(CC(CN)S(=O)(=O)c2ccccc2)c1. The van der Waals surface area contributed by atoms with E-state index in [1.54, 1.807) is 30.3 Å². The molecule has 0 amide bonds.